The summed E-state index contributed by atoms with van der Waals surface area (Å²) >= 11 is 0. The van der Waals surface area contributed by atoms with Crippen LogP contribution in [0.15, 0.2) is 0 Å². The van der Waals surface area contributed by atoms with Crippen LogP contribution < -0.4 is 10.6 Å². The van der Waals surface area contributed by atoms with E-state index in [9.17, 15) is 67.1 Å². The molecule has 95 heavy (non-hydrogen) atoms. The van der Waals surface area contributed by atoms with E-state index in [0.717, 1.165) is 45.1 Å². The van der Waals surface area contributed by atoms with Crippen LogP contribution in [0.4, 0.5) is 0 Å². The Kier molecular flexibility index (Phi) is 48.7. The molecule has 21 heteroatoms. The molecule has 0 spiro atoms. The predicted octanol–water partition coefficient (Wildman–Crippen LogP) is 11.1. The van der Waals surface area contributed by atoms with Crippen molar-refractivity contribution in [3.63, 3.8) is 0 Å². The Hall–Kier alpha value is -5.70. The maximum Gasteiger partial charge on any atom is 0.233 e. The number of carbonyl (C=O) groups is 14. The van der Waals surface area contributed by atoms with E-state index < -0.39 is 0 Å². The molecule has 0 aromatic rings. The van der Waals surface area contributed by atoms with Gasteiger partial charge < -0.3 is 20.1 Å². The molecule has 0 aromatic heterocycles. The number of nitrogens with zero attached hydrogens (tertiary/aromatic N) is 3. The van der Waals surface area contributed by atoms with E-state index in [4.69, 9.17) is 9.47 Å². The zero-order chi connectivity index (χ0) is 73.2. The maximum absolute atomic E-state index is 12.2. The Morgan fingerprint density at radius 3 is 1.08 bits per heavy atom. The van der Waals surface area contributed by atoms with Gasteiger partial charge in [0.1, 0.15) is 35.5 Å². The lowest BCUT2D eigenvalue weighted by atomic mass is 9.94. The number of carbonyl (C=O) groups excluding carboxylic acids is 14. The molecule has 0 saturated carbocycles. The van der Waals surface area contributed by atoms with Gasteiger partial charge in [0.05, 0.1) is 13.2 Å². The van der Waals surface area contributed by atoms with Crippen molar-refractivity contribution in [3.8, 4) is 0 Å². The summed E-state index contributed by atoms with van der Waals surface area (Å²) in [6, 6.07) is 0. The topological polar surface area (TPSA) is 291 Å². The van der Waals surface area contributed by atoms with Crippen molar-refractivity contribution in [2.75, 3.05) is 59.2 Å². The van der Waals surface area contributed by atoms with Gasteiger partial charge in [-0.3, -0.25) is 81.8 Å². The van der Waals surface area contributed by atoms with Crippen LogP contribution in [-0.4, -0.2) is 156 Å². The van der Waals surface area contributed by atoms with Gasteiger partial charge in [0.2, 0.25) is 47.3 Å². The van der Waals surface area contributed by atoms with Crippen LogP contribution in [0.1, 0.15) is 254 Å². The summed E-state index contributed by atoms with van der Waals surface area (Å²) in [6.45, 7) is 42.0. The van der Waals surface area contributed by atoms with Gasteiger partial charge in [0.25, 0.3) is 0 Å². The molecule has 0 bridgehead atoms. The first kappa shape index (κ1) is 91.4. The molecule has 3 saturated heterocycles. The van der Waals surface area contributed by atoms with Gasteiger partial charge in [-0.05, 0) is 61.7 Å². The number of ether oxygens (including phenoxy) is 2. The number of unbranched alkanes of at least 4 members (excludes halogenated alkanes) is 4. The van der Waals surface area contributed by atoms with Gasteiger partial charge in [-0.2, -0.15) is 0 Å². The summed E-state index contributed by atoms with van der Waals surface area (Å²) in [5.74, 6) is 1.56. The second-order valence-corrected chi connectivity index (χ2v) is 29.0. The Bertz CT molecular complexity index is 2410. The molecule has 0 radical (unpaired) electrons. The van der Waals surface area contributed by atoms with Crippen molar-refractivity contribution in [2.24, 2.45) is 76.9 Å². The fraction of sp³-hybridized carbons (Fsp3) is 0.811. The minimum atomic E-state index is -0.251. The number of hydrogen-bond acceptors (Lipinski definition) is 16. The Balaban J connectivity index is 0. The van der Waals surface area contributed by atoms with Crippen molar-refractivity contribution in [2.45, 2.75) is 254 Å². The summed E-state index contributed by atoms with van der Waals surface area (Å²) in [4.78, 5) is 167. The largest absolute Gasteiger partial charge is 0.379 e. The normalized spacial score (nSPS) is 16.3. The zero-order valence-electron chi connectivity index (χ0n) is 62.5. The smallest absolute Gasteiger partial charge is 0.233 e. The van der Waals surface area contributed by atoms with Crippen molar-refractivity contribution < 1.29 is 76.6 Å². The fourth-order valence-electron chi connectivity index (χ4n) is 9.85. The minimum absolute atomic E-state index is 0.0109. The lowest BCUT2D eigenvalue weighted by molar-refractivity contribution is -0.142. The highest BCUT2D eigenvalue weighted by Gasteiger charge is 2.42. The second kappa shape index (κ2) is 50.6. The summed E-state index contributed by atoms with van der Waals surface area (Å²) in [7, 11) is 0. The van der Waals surface area contributed by atoms with Crippen LogP contribution in [0.3, 0.4) is 0 Å². The highest BCUT2D eigenvalue weighted by Crippen LogP contribution is 2.29. The number of rotatable bonds is 42. The van der Waals surface area contributed by atoms with E-state index in [2.05, 4.69) is 10.6 Å². The molecular weight excluding hydrogens is 1210 g/mol. The molecule has 21 nitrogen and oxygen atoms in total. The third-order valence-corrected chi connectivity index (χ3v) is 16.6. The first-order valence-corrected chi connectivity index (χ1v) is 35.7. The van der Waals surface area contributed by atoms with Crippen molar-refractivity contribution in [3.05, 3.63) is 0 Å². The number of Topliss-reactive ketones (excluding diaryl/α,β-unsaturated/α-hetero) is 6. The molecule has 8 amide bonds. The van der Waals surface area contributed by atoms with E-state index in [1.165, 1.54) is 14.7 Å². The quantitative estimate of drug-likeness (QED) is 0.0424. The van der Waals surface area contributed by atoms with Gasteiger partial charge >= 0.3 is 0 Å². The van der Waals surface area contributed by atoms with Crippen LogP contribution in [0.5, 0.6) is 0 Å². The second-order valence-electron chi connectivity index (χ2n) is 29.0. The molecule has 2 N–H and O–H groups in total. The summed E-state index contributed by atoms with van der Waals surface area (Å²) in [5.41, 5.74) is 0. The number of ketones is 6. The number of likely N-dealkylation sites (tertiary alicyclic amines) is 3. The number of amides is 8. The molecule has 3 aliphatic heterocycles. The Morgan fingerprint density at radius 2 is 0.705 bits per heavy atom. The molecular formula is C74H129N5O16. The molecule has 0 aromatic carbocycles. The number of hydrogen-bond donors (Lipinski definition) is 2. The van der Waals surface area contributed by atoms with Crippen LogP contribution in [-0.2, 0) is 76.6 Å². The van der Waals surface area contributed by atoms with Gasteiger partial charge in [-0.25, -0.2) is 0 Å². The van der Waals surface area contributed by atoms with E-state index in [-0.39, 0.29) is 180 Å². The Labute approximate surface area is 571 Å². The average molecular weight is 1340 g/mol. The highest BCUT2D eigenvalue weighted by molar-refractivity contribution is 6.05. The average Bonchev–Trinajstić information content (AvgIpc) is 1.71. The van der Waals surface area contributed by atoms with Gasteiger partial charge in [-0.15, -0.1) is 0 Å². The number of nitrogens with one attached hydrogen (secondary N) is 2. The van der Waals surface area contributed by atoms with Crippen molar-refractivity contribution in [1.29, 1.82) is 0 Å². The number of imide groups is 3. The zero-order valence-corrected chi connectivity index (χ0v) is 62.5. The standard InChI is InChI=1S/C20H33NO6.C16H27NO3.C14H27NO2.C13H21NO3.C11H21NO2/c1-14(2)17-12-19(24)21(20(17)25)8-7-16(22)6-5-9-26-10-11-27-13-18(23)15(3)4;1-11(2)13-10-15(19)17(16(13)20)9-7-5-6-8-14(18)12(3)4;1-11(2)10-14(17)15-9-7-5-6-8-13(16)12(3)4;1-8(2)10-7-12(16)14(13(10)17)6-5-11(15)9(3)4;1-8(2)7-11(14)12-6-5-10(13)9(3)4/h14-15,17H,5-13H2,1-4H3;11-13H,5-10H2,1-4H3;11-12H,5-10H2,1-4H3,(H,15,17);8-10H,5-7H2,1-4H3;8-9H,5-7H2,1-4H3,(H,12,14). The van der Waals surface area contributed by atoms with Crippen LogP contribution in [0, 0.1) is 76.9 Å². The SMILES string of the molecule is CC(C)C(=O)CCCCCN1C(=O)CC(C(C)C)C1=O.CC(C)C(=O)CCN1C(=O)CC(C(C)C)C1=O.CC(C)C(=O)COCCOCCCC(=O)CCN1C(=O)CC(C(C)C)C1=O.CC(C)CC(=O)NCCC(=O)C(C)C.CC(C)CC(=O)NCCCCCC(=O)C(C)C. The molecule has 546 valence electrons. The first-order valence-electron chi connectivity index (χ1n) is 35.7. The maximum atomic E-state index is 12.2. The molecule has 0 aliphatic carbocycles. The van der Waals surface area contributed by atoms with Crippen LogP contribution in [0.25, 0.3) is 0 Å². The monoisotopic (exact) mass is 1340 g/mol. The predicted molar refractivity (Wildman–Crippen MR) is 370 cm³/mol. The van der Waals surface area contributed by atoms with Crippen molar-refractivity contribution >= 4 is 82.0 Å². The molecule has 3 fully saturated rings. The van der Waals surface area contributed by atoms with Gasteiger partial charge in [0.15, 0.2) is 5.78 Å². The molecule has 3 heterocycles. The summed E-state index contributed by atoms with van der Waals surface area (Å²) in [6.07, 6.45) is 10.7. The third-order valence-electron chi connectivity index (χ3n) is 16.6. The molecule has 3 aliphatic rings. The first-order chi connectivity index (χ1) is 44.3. The van der Waals surface area contributed by atoms with Crippen LogP contribution >= 0.6 is 0 Å². The summed E-state index contributed by atoms with van der Waals surface area (Å²) in [5, 5.41) is 5.64. The molecule has 3 rings (SSSR count). The van der Waals surface area contributed by atoms with Gasteiger partial charge in [-0.1, -0.05) is 151 Å². The molecule has 3 unspecified atom stereocenters. The van der Waals surface area contributed by atoms with E-state index >= 15 is 0 Å². The lowest BCUT2D eigenvalue weighted by Crippen LogP contribution is -2.34. The molecule has 3 atom stereocenters. The highest BCUT2D eigenvalue weighted by atomic mass is 16.5. The Morgan fingerprint density at radius 1 is 0.358 bits per heavy atom. The van der Waals surface area contributed by atoms with Gasteiger partial charge in [0, 0.05) is 157 Å². The van der Waals surface area contributed by atoms with E-state index in [0.29, 0.717) is 108 Å². The lowest BCUT2D eigenvalue weighted by Gasteiger charge is -2.16. The van der Waals surface area contributed by atoms with Crippen LogP contribution in [0.2, 0.25) is 0 Å². The van der Waals surface area contributed by atoms with E-state index in [1.54, 1.807) is 0 Å². The minimum Gasteiger partial charge on any atom is -0.379 e. The summed E-state index contributed by atoms with van der Waals surface area (Å²) < 4.78 is 10.6. The third kappa shape index (κ3) is 41.2. The fourth-order valence-corrected chi connectivity index (χ4v) is 9.85. The van der Waals surface area contributed by atoms with E-state index in [1.807, 2.05) is 138 Å². The van der Waals surface area contributed by atoms with Crippen molar-refractivity contribution in [1.82, 2.24) is 25.3 Å².